The van der Waals surface area contributed by atoms with Crippen molar-refractivity contribution in [3.8, 4) is 5.75 Å². The molecule has 0 spiro atoms. The Bertz CT molecular complexity index is 638. The molecular formula is C14H15F3N2O. The predicted octanol–water partition coefficient (Wildman–Crippen LogP) is 4.00. The maximum atomic E-state index is 12.9. The van der Waals surface area contributed by atoms with Crippen LogP contribution >= 0.6 is 0 Å². The van der Waals surface area contributed by atoms with Crippen molar-refractivity contribution in [1.82, 2.24) is 4.98 Å². The number of pyridine rings is 1. The molecule has 0 saturated heterocycles. The average Bonchev–Trinajstić information content (AvgIpc) is 2.38. The lowest BCUT2D eigenvalue weighted by Crippen LogP contribution is -2.10. The molecule has 1 aromatic carbocycles. The highest BCUT2D eigenvalue weighted by atomic mass is 19.4. The second-order valence-electron chi connectivity index (χ2n) is 4.39. The highest BCUT2D eigenvalue weighted by Gasteiger charge is 2.34. The van der Waals surface area contributed by atoms with E-state index >= 15 is 0 Å². The SMILES string of the molecule is CCNc1cc(C(F)(F)F)nc2c(OC)ccc(C)c12. The number of benzene rings is 1. The summed E-state index contributed by atoms with van der Waals surface area (Å²) in [7, 11) is 1.42. The van der Waals surface area contributed by atoms with E-state index in [0.29, 0.717) is 23.4 Å². The van der Waals surface area contributed by atoms with E-state index in [9.17, 15) is 13.2 Å². The third-order valence-corrected chi connectivity index (χ3v) is 3.01. The summed E-state index contributed by atoms with van der Waals surface area (Å²) >= 11 is 0. The van der Waals surface area contributed by atoms with E-state index < -0.39 is 11.9 Å². The zero-order valence-electron chi connectivity index (χ0n) is 11.4. The Labute approximate surface area is 114 Å². The second kappa shape index (κ2) is 5.19. The smallest absolute Gasteiger partial charge is 0.433 e. The van der Waals surface area contributed by atoms with Gasteiger partial charge in [0.15, 0.2) is 0 Å². The van der Waals surface area contributed by atoms with E-state index in [1.165, 1.54) is 7.11 Å². The number of aromatic nitrogens is 1. The van der Waals surface area contributed by atoms with Crippen molar-refractivity contribution < 1.29 is 17.9 Å². The van der Waals surface area contributed by atoms with Crippen LogP contribution in [0.3, 0.4) is 0 Å². The minimum atomic E-state index is -4.49. The first kappa shape index (κ1) is 14.4. The summed E-state index contributed by atoms with van der Waals surface area (Å²) < 4.78 is 43.9. The maximum Gasteiger partial charge on any atom is 0.433 e. The first-order chi connectivity index (χ1) is 9.38. The van der Waals surface area contributed by atoms with Crippen molar-refractivity contribution >= 4 is 16.6 Å². The van der Waals surface area contributed by atoms with Gasteiger partial charge in [0, 0.05) is 17.6 Å². The summed E-state index contributed by atoms with van der Waals surface area (Å²) in [5, 5.41) is 3.61. The summed E-state index contributed by atoms with van der Waals surface area (Å²) in [6.45, 7) is 4.18. The Morgan fingerprint density at radius 1 is 1.30 bits per heavy atom. The van der Waals surface area contributed by atoms with Gasteiger partial charge in [-0.1, -0.05) is 6.07 Å². The Kier molecular flexibility index (Phi) is 3.74. The molecule has 0 fully saturated rings. The van der Waals surface area contributed by atoms with Crippen LogP contribution in [0.15, 0.2) is 18.2 Å². The quantitative estimate of drug-likeness (QED) is 0.925. The van der Waals surface area contributed by atoms with Gasteiger partial charge in [0.25, 0.3) is 0 Å². The van der Waals surface area contributed by atoms with Gasteiger partial charge in [-0.2, -0.15) is 13.2 Å². The van der Waals surface area contributed by atoms with Gasteiger partial charge < -0.3 is 10.1 Å². The Balaban J connectivity index is 2.84. The molecule has 0 aliphatic carbocycles. The lowest BCUT2D eigenvalue weighted by atomic mass is 10.1. The standard InChI is InChI=1S/C14H15F3N2O/c1-4-18-9-7-11(14(15,16)17)19-13-10(20-3)6-5-8(2)12(9)13/h5-7H,4H2,1-3H3,(H,18,19). The zero-order chi connectivity index (χ0) is 14.9. The van der Waals surface area contributed by atoms with Crippen LogP contribution in [0.5, 0.6) is 5.75 Å². The molecule has 1 N–H and O–H groups in total. The molecule has 1 heterocycles. The monoisotopic (exact) mass is 284 g/mol. The number of alkyl halides is 3. The van der Waals surface area contributed by atoms with Gasteiger partial charge in [-0.25, -0.2) is 4.98 Å². The predicted molar refractivity (Wildman–Crippen MR) is 72.2 cm³/mol. The van der Waals surface area contributed by atoms with Gasteiger partial charge in [0.2, 0.25) is 0 Å². The van der Waals surface area contributed by atoms with E-state index in [-0.39, 0.29) is 5.52 Å². The Morgan fingerprint density at radius 2 is 2.00 bits per heavy atom. The van der Waals surface area contributed by atoms with Crippen LogP contribution in [0.4, 0.5) is 18.9 Å². The van der Waals surface area contributed by atoms with E-state index in [4.69, 9.17) is 4.74 Å². The number of nitrogens with one attached hydrogen (secondary N) is 1. The topological polar surface area (TPSA) is 34.2 Å². The average molecular weight is 284 g/mol. The molecule has 0 radical (unpaired) electrons. The number of anilines is 1. The number of aryl methyl sites for hydroxylation is 1. The van der Waals surface area contributed by atoms with E-state index in [1.807, 2.05) is 13.8 Å². The van der Waals surface area contributed by atoms with Crippen LogP contribution in [-0.2, 0) is 6.18 Å². The highest BCUT2D eigenvalue weighted by Crippen LogP contribution is 2.37. The maximum absolute atomic E-state index is 12.9. The van der Waals surface area contributed by atoms with Crippen molar-refractivity contribution in [3.05, 3.63) is 29.5 Å². The molecule has 0 amide bonds. The van der Waals surface area contributed by atoms with Crippen LogP contribution in [0.1, 0.15) is 18.2 Å². The lowest BCUT2D eigenvalue weighted by molar-refractivity contribution is -0.140. The molecule has 0 unspecified atom stereocenters. The molecule has 0 saturated carbocycles. The molecule has 2 rings (SSSR count). The first-order valence-corrected chi connectivity index (χ1v) is 6.18. The van der Waals surface area contributed by atoms with Crippen LogP contribution in [-0.4, -0.2) is 18.6 Å². The van der Waals surface area contributed by atoms with E-state index in [1.54, 1.807) is 12.1 Å². The zero-order valence-corrected chi connectivity index (χ0v) is 11.4. The van der Waals surface area contributed by atoms with Gasteiger partial charge in [-0.05, 0) is 31.5 Å². The fourth-order valence-electron chi connectivity index (χ4n) is 2.13. The molecule has 6 heteroatoms. The molecule has 2 aromatic rings. The molecule has 0 atom stereocenters. The van der Waals surface area contributed by atoms with E-state index in [2.05, 4.69) is 10.3 Å². The van der Waals surface area contributed by atoms with Crippen molar-refractivity contribution in [3.63, 3.8) is 0 Å². The van der Waals surface area contributed by atoms with E-state index in [0.717, 1.165) is 11.6 Å². The van der Waals surface area contributed by atoms with Gasteiger partial charge in [-0.3, -0.25) is 0 Å². The minimum absolute atomic E-state index is 0.221. The molecule has 3 nitrogen and oxygen atoms in total. The number of rotatable bonds is 3. The summed E-state index contributed by atoms with van der Waals surface area (Å²) in [6.07, 6.45) is -4.49. The molecule has 0 aliphatic heterocycles. The largest absolute Gasteiger partial charge is 0.494 e. The summed E-state index contributed by atoms with van der Waals surface area (Å²) in [4.78, 5) is 3.73. The van der Waals surface area contributed by atoms with Gasteiger partial charge in [0.1, 0.15) is 17.0 Å². The van der Waals surface area contributed by atoms with Gasteiger partial charge in [0.05, 0.1) is 7.11 Å². The number of fused-ring (bicyclic) bond motifs is 1. The minimum Gasteiger partial charge on any atom is -0.494 e. The van der Waals surface area contributed by atoms with Crippen molar-refractivity contribution in [2.24, 2.45) is 0 Å². The van der Waals surface area contributed by atoms with Crippen LogP contribution in [0, 0.1) is 6.92 Å². The molecule has 20 heavy (non-hydrogen) atoms. The van der Waals surface area contributed by atoms with Crippen molar-refractivity contribution in [2.75, 3.05) is 19.0 Å². The fraction of sp³-hybridized carbons (Fsp3) is 0.357. The fourth-order valence-corrected chi connectivity index (χ4v) is 2.13. The van der Waals surface area contributed by atoms with Gasteiger partial charge >= 0.3 is 6.18 Å². The molecule has 1 aromatic heterocycles. The number of halogens is 3. The third-order valence-electron chi connectivity index (χ3n) is 3.01. The van der Waals surface area contributed by atoms with Gasteiger partial charge in [-0.15, -0.1) is 0 Å². The molecule has 108 valence electrons. The number of nitrogens with zero attached hydrogens (tertiary/aromatic N) is 1. The summed E-state index contributed by atoms with van der Waals surface area (Å²) in [6, 6.07) is 4.47. The number of methoxy groups -OCH3 is 1. The highest BCUT2D eigenvalue weighted by molar-refractivity contribution is 5.97. The lowest BCUT2D eigenvalue weighted by Gasteiger charge is -2.15. The first-order valence-electron chi connectivity index (χ1n) is 6.18. The Hall–Kier alpha value is -1.98. The molecular weight excluding hydrogens is 269 g/mol. The van der Waals surface area contributed by atoms with Crippen LogP contribution in [0.25, 0.3) is 10.9 Å². The Morgan fingerprint density at radius 3 is 2.55 bits per heavy atom. The number of ether oxygens (including phenoxy) is 1. The van der Waals surface area contributed by atoms with Crippen LogP contribution in [0.2, 0.25) is 0 Å². The second-order valence-corrected chi connectivity index (χ2v) is 4.39. The molecule has 0 bridgehead atoms. The summed E-state index contributed by atoms with van der Waals surface area (Å²) in [5.74, 6) is 0.329. The third kappa shape index (κ3) is 2.50. The number of hydrogen-bond acceptors (Lipinski definition) is 3. The summed E-state index contributed by atoms with van der Waals surface area (Å²) in [5.41, 5.74) is 0.558. The van der Waals surface area contributed by atoms with Crippen molar-refractivity contribution in [1.29, 1.82) is 0 Å². The molecule has 0 aliphatic rings. The van der Waals surface area contributed by atoms with Crippen molar-refractivity contribution in [2.45, 2.75) is 20.0 Å². The normalized spacial score (nSPS) is 11.7. The van der Waals surface area contributed by atoms with Crippen LogP contribution < -0.4 is 10.1 Å². The number of hydrogen-bond donors (Lipinski definition) is 1.